The summed E-state index contributed by atoms with van der Waals surface area (Å²) in [5, 5.41) is 9.24. The first-order valence-corrected chi connectivity index (χ1v) is 12.3. The fraction of sp³-hybridized carbons (Fsp3) is 0.692. The topological polar surface area (TPSA) is 72.8 Å². The number of carboxylic acids is 1. The van der Waals surface area contributed by atoms with E-state index in [0.717, 1.165) is 12.8 Å². The van der Waals surface area contributed by atoms with Crippen molar-refractivity contribution in [1.82, 2.24) is 0 Å². The number of carbonyl (C=O) groups is 2. The van der Waals surface area contributed by atoms with Crippen molar-refractivity contribution in [3.8, 4) is 5.75 Å². The van der Waals surface area contributed by atoms with Crippen LogP contribution < -0.4 is 4.74 Å². The van der Waals surface area contributed by atoms with Crippen molar-refractivity contribution in [3.05, 3.63) is 29.3 Å². The lowest BCUT2D eigenvalue weighted by Crippen LogP contribution is -2.12. The molecule has 0 unspecified atom stereocenters. The van der Waals surface area contributed by atoms with Gasteiger partial charge in [0.15, 0.2) is 0 Å². The van der Waals surface area contributed by atoms with Gasteiger partial charge in [0.1, 0.15) is 5.75 Å². The third kappa shape index (κ3) is 12.4. The molecule has 0 aliphatic rings. The summed E-state index contributed by atoms with van der Waals surface area (Å²) < 4.78 is 10.7. The quantitative estimate of drug-likeness (QED) is 0.181. The van der Waals surface area contributed by atoms with Crippen LogP contribution in [0.3, 0.4) is 0 Å². The summed E-state index contributed by atoms with van der Waals surface area (Å²) >= 11 is 0. The predicted molar refractivity (Wildman–Crippen MR) is 125 cm³/mol. The number of carbonyl (C=O) groups excluding carboxylic acids is 1. The molecule has 0 saturated carbocycles. The summed E-state index contributed by atoms with van der Waals surface area (Å²) in [5.41, 5.74) is -0.0323. The summed E-state index contributed by atoms with van der Waals surface area (Å²) in [7, 11) is 0. The Kier molecular flexibility index (Phi) is 15.3. The lowest BCUT2D eigenvalue weighted by Gasteiger charge is -2.10. The first kappa shape index (κ1) is 27.0. The third-order valence-electron chi connectivity index (χ3n) is 5.48. The monoisotopic (exact) mass is 434 g/mol. The van der Waals surface area contributed by atoms with Crippen LogP contribution in [-0.4, -0.2) is 30.3 Å². The SMILES string of the molecule is CCCCCCCCCCCCCCCCOc1ccc(C(=O)O)c(C(=O)OCC)c1. The number of carboxylic acid groups (broad SMARTS) is 1. The predicted octanol–water partition coefficient (Wildman–Crippen LogP) is 7.42. The van der Waals surface area contributed by atoms with E-state index in [4.69, 9.17) is 9.47 Å². The van der Waals surface area contributed by atoms with Crippen LogP contribution in [0.5, 0.6) is 5.75 Å². The first-order chi connectivity index (χ1) is 15.1. The number of hydrogen-bond donors (Lipinski definition) is 1. The van der Waals surface area contributed by atoms with Crippen molar-refractivity contribution in [2.45, 2.75) is 104 Å². The van der Waals surface area contributed by atoms with Crippen LogP contribution in [0, 0.1) is 0 Å². The molecule has 5 nitrogen and oxygen atoms in total. The highest BCUT2D eigenvalue weighted by molar-refractivity contribution is 6.02. The second-order valence-corrected chi connectivity index (χ2v) is 8.18. The van der Waals surface area contributed by atoms with Gasteiger partial charge in [-0.2, -0.15) is 0 Å². The van der Waals surface area contributed by atoms with E-state index < -0.39 is 11.9 Å². The smallest absolute Gasteiger partial charge is 0.339 e. The normalized spacial score (nSPS) is 10.8. The maximum Gasteiger partial charge on any atom is 0.339 e. The van der Waals surface area contributed by atoms with Crippen molar-refractivity contribution in [1.29, 1.82) is 0 Å². The summed E-state index contributed by atoms with van der Waals surface area (Å²) in [6.07, 6.45) is 18.3. The molecule has 0 saturated heterocycles. The number of rotatable bonds is 19. The number of benzene rings is 1. The molecule has 0 aliphatic heterocycles. The molecule has 1 aromatic carbocycles. The molecule has 176 valence electrons. The third-order valence-corrected chi connectivity index (χ3v) is 5.48. The van der Waals surface area contributed by atoms with Crippen molar-refractivity contribution in [2.24, 2.45) is 0 Å². The Labute approximate surface area is 188 Å². The molecule has 31 heavy (non-hydrogen) atoms. The molecule has 1 aromatic rings. The number of aromatic carboxylic acids is 1. The Morgan fingerprint density at radius 3 is 1.74 bits per heavy atom. The minimum Gasteiger partial charge on any atom is -0.494 e. The maximum atomic E-state index is 12.0. The first-order valence-electron chi connectivity index (χ1n) is 12.3. The zero-order chi connectivity index (χ0) is 22.7. The van der Waals surface area contributed by atoms with E-state index >= 15 is 0 Å². The van der Waals surface area contributed by atoms with E-state index in [-0.39, 0.29) is 17.7 Å². The van der Waals surface area contributed by atoms with Crippen LogP contribution in [0.25, 0.3) is 0 Å². The highest BCUT2D eigenvalue weighted by Crippen LogP contribution is 2.20. The van der Waals surface area contributed by atoms with Crippen LogP contribution in [0.2, 0.25) is 0 Å². The zero-order valence-corrected chi connectivity index (χ0v) is 19.6. The van der Waals surface area contributed by atoms with Crippen LogP contribution in [0.4, 0.5) is 0 Å². The number of unbranched alkanes of at least 4 members (excludes halogenated alkanes) is 13. The van der Waals surface area contributed by atoms with Gasteiger partial charge in [0, 0.05) is 0 Å². The standard InChI is InChI=1S/C26H42O5/c1-3-5-6-7-8-9-10-11-12-13-14-15-16-17-20-31-22-18-19-23(25(27)28)24(21-22)26(29)30-4-2/h18-19,21H,3-17,20H2,1-2H3,(H,27,28). The Balaban J connectivity index is 2.11. The maximum absolute atomic E-state index is 12.0. The van der Waals surface area contributed by atoms with Crippen molar-refractivity contribution < 1.29 is 24.2 Å². The molecule has 0 heterocycles. The van der Waals surface area contributed by atoms with Crippen molar-refractivity contribution in [3.63, 3.8) is 0 Å². The highest BCUT2D eigenvalue weighted by Gasteiger charge is 2.18. The molecule has 1 rings (SSSR count). The molecule has 0 fully saturated rings. The fourth-order valence-electron chi connectivity index (χ4n) is 3.66. The Morgan fingerprint density at radius 2 is 1.26 bits per heavy atom. The van der Waals surface area contributed by atoms with Gasteiger partial charge in [-0.1, -0.05) is 90.4 Å². The molecule has 0 amide bonds. The van der Waals surface area contributed by atoms with E-state index in [1.54, 1.807) is 13.0 Å². The molecule has 0 aliphatic carbocycles. The van der Waals surface area contributed by atoms with Gasteiger partial charge in [-0.15, -0.1) is 0 Å². The molecular weight excluding hydrogens is 392 g/mol. The van der Waals surface area contributed by atoms with Gasteiger partial charge in [-0.25, -0.2) is 9.59 Å². The minimum atomic E-state index is -1.15. The van der Waals surface area contributed by atoms with Gasteiger partial charge in [0.2, 0.25) is 0 Å². The number of hydrogen-bond acceptors (Lipinski definition) is 4. The van der Waals surface area contributed by atoms with Gasteiger partial charge in [0.05, 0.1) is 24.3 Å². The second kappa shape index (κ2) is 17.6. The summed E-state index contributed by atoms with van der Waals surface area (Å²) in [6.45, 7) is 4.71. The molecule has 0 aromatic heterocycles. The van der Waals surface area contributed by atoms with Crippen LogP contribution in [-0.2, 0) is 4.74 Å². The molecule has 0 bridgehead atoms. The lowest BCUT2D eigenvalue weighted by atomic mass is 10.0. The van der Waals surface area contributed by atoms with Gasteiger partial charge < -0.3 is 14.6 Å². The average Bonchev–Trinajstić information content (AvgIpc) is 2.76. The van der Waals surface area contributed by atoms with Crippen LogP contribution in [0.15, 0.2) is 18.2 Å². The van der Waals surface area contributed by atoms with Crippen LogP contribution >= 0.6 is 0 Å². The number of esters is 1. The van der Waals surface area contributed by atoms with Gasteiger partial charge in [0.25, 0.3) is 0 Å². The van der Waals surface area contributed by atoms with Gasteiger partial charge in [-0.3, -0.25) is 0 Å². The largest absolute Gasteiger partial charge is 0.494 e. The van der Waals surface area contributed by atoms with Gasteiger partial charge in [-0.05, 0) is 31.5 Å². The van der Waals surface area contributed by atoms with Gasteiger partial charge >= 0.3 is 11.9 Å². The minimum absolute atomic E-state index is 0.0350. The lowest BCUT2D eigenvalue weighted by molar-refractivity contribution is 0.0514. The summed E-state index contributed by atoms with van der Waals surface area (Å²) in [6, 6.07) is 4.45. The van der Waals surface area contributed by atoms with E-state index in [1.165, 1.54) is 89.2 Å². The Bertz CT molecular complexity index is 626. The number of ether oxygens (including phenoxy) is 2. The van der Waals surface area contributed by atoms with E-state index in [2.05, 4.69) is 6.92 Å². The molecular formula is C26H42O5. The summed E-state index contributed by atoms with van der Waals surface area (Å²) in [4.78, 5) is 23.3. The van der Waals surface area contributed by atoms with Crippen molar-refractivity contribution >= 4 is 11.9 Å². The summed E-state index contributed by atoms with van der Waals surface area (Å²) in [5.74, 6) is -1.29. The Morgan fingerprint density at radius 1 is 0.742 bits per heavy atom. The molecule has 0 atom stereocenters. The molecule has 5 heteroatoms. The van der Waals surface area contributed by atoms with E-state index in [0.29, 0.717) is 12.4 Å². The van der Waals surface area contributed by atoms with E-state index in [1.807, 2.05) is 0 Å². The van der Waals surface area contributed by atoms with Crippen LogP contribution in [0.1, 0.15) is 124 Å². The molecule has 1 N–H and O–H groups in total. The van der Waals surface area contributed by atoms with Crippen molar-refractivity contribution in [2.75, 3.05) is 13.2 Å². The van der Waals surface area contributed by atoms with E-state index in [9.17, 15) is 14.7 Å². The highest BCUT2D eigenvalue weighted by atomic mass is 16.5. The Hall–Kier alpha value is -2.04. The zero-order valence-electron chi connectivity index (χ0n) is 19.6. The average molecular weight is 435 g/mol. The molecule has 0 radical (unpaired) electrons. The molecule has 0 spiro atoms. The second-order valence-electron chi connectivity index (χ2n) is 8.18. The fourth-order valence-corrected chi connectivity index (χ4v) is 3.66.